The summed E-state index contributed by atoms with van der Waals surface area (Å²) < 4.78 is 0. The Balaban J connectivity index is 1.93. The molecule has 1 aliphatic heterocycles. The second kappa shape index (κ2) is 4.56. The van der Waals surface area contributed by atoms with Crippen LogP contribution in [0.2, 0.25) is 0 Å². The van der Waals surface area contributed by atoms with E-state index in [1.54, 1.807) is 0 Å². The van der Waals surface area contributed by atoms with Crippen LogP contribution in [0.25, 0.3) is 0 Å². The average Bonchev–Trinajstić information content (AvgIpc) is 2.26. The van der Waals surface area contributed by atoms with Crippen molar-refractivity contribution >= 4 is 0 Å². The molecule has 1 atom stereocenters. The molecule has 1 aliphatic rings. The van der Waals surface area contributed by atoms with Crippen molar-refractivity contribution in [3.8, 4) is 0 Å². The first kappa shape index (κ1) is 11.6. The highest BCUT2D eigenvalue weighted by atomic mass is 15.3. The van der Waals surface area contributed by atoms with Crippen LogP contribution in [0.3, 0.4) is 0 Å². The van der Waals surface area contributed by atoms with Crippen molar-refractivity contribution in [2.75, 3.05) is 19.6 Å². The van der Waals surface area contributed by atoms with E-state index in [1.807, 2.05) is 0 Å². The smallest absolute Gasteiger partial charge is 0.0409 e. The molecule has 0 saturated carbocycles. The minimum absolute atomic E-state index is 0.331. The van der Waals surface area contributed by atoms with Crippen molar-refractivity contribution in [1.82, 2.24) is 10.2 Å². The summed E-state index contributed by atoms with van der Waals surface area (Å²) in [5, 5.41) is 3.55. The molecule has 1 heterocycles. The summed E-state index contributed by atoms with van der Waals surface area (Å²) in [7, 11) is 0. The SMILES string of the molecule is CCNC1(C)CN(C(C)c2ccccc2)C1. The lowest BCUT2D eigenvalue weighted by Gasteiger charge is -2.51. The summed E-state index contributed by atoms with van der Waals surface area (Å²) >= 11 is 0. The van der Waals surface area contributed by atoms with Crippen LogP contribution >= 0.6 is 0 Å². The van der Waals surface area contributed by atoms with E-state index in [4.69, 9.17) is 0 Å². The van der Waals surface area contributed by atoms with E-state index in [1.165, 1.54) is 5.56 Å². The standard InChI is InChI=1S/C14H22N2/c1-4-15-14(3)10-16(11-14)12(2)13-8-6-5-7-9-13/h5-9,12,15H,4,10-11H2,1-3H3. The van der Waals surface area contributed by atoms with Crippen LogP contribution in [-0.2, 0) is 0 Å². The van der Waals surface area contributed by atoms with E-state index < -0.39 is 0 Å². The molecule has 1 aromatic rings. The van der Waals surface area contributed by atoms with E-state index in [0.717, 1.165) is 19.6 Å². The molecule has 2 heteroatoms. The third-order valence-electron chi connectivity index (χ3n) is 3.54. The zero-order valence-corrected chi connectivity index (χ0v) is 10.5. The molecule has 1 saturated heterocycles. The van der Waals surface area contributed by atoms with Crippen LogP contribution in [0, 0.1) is 0 Å². The molecular formula is C14H22N2. The summed E-state index contributed by atoms with van der Waals surface area (Å²) in [5.41, 5.74) is 1.75. The Hall–Kier alpha value is -0.860. The molecule has 1 N–H and O–H groups in total. The first-order valence-corrected chi connectivity index (χ1v) is 6.19. The number of hydrogen-bond donors (Lipinski definition) is 1. The molecule has 0 bridgehead atoms. The number of benzene rings is 1. The molecule has 2 rings (SSSR count). The van der Waals surface area contributed by atoms with Gasteiger partial charge in [-0.15, -0.1) is 0 Å². The molecule has 0 aliphatic carbocycles. The van der Waals surface area contributed by atoms with Crippen molar-refractivity contribution in [3.63, 3.8) is 0 Å². The summed E-state index contributed by atoms with van der Waals surface area (Å²) in [6.45, 7) is 10.1. The molecule has 1 fully saturated rings. The molecular weight excluding hydrogens is 196 g/mol. The fourth-order valence-electron chi connectivity index (χ4n) is 2.60. The van der Waals surface area contributed by atoms with Gasteiger partial charge in [0.05, 0.1) is 0 Å². The van der Waals surface area contributed by atoms with Gasteiger partial charge in [0, 0.05) is 24.7 Å². The van der Waals surface area contributed by atoms with Crippen molar-refractivity contribution in [2.45, 2.75) is 32.4 Å². The van der Waals surface area contributed by atoms with Gasteiger partial charge in [0.15, 0.2) is 0 Å². The minimum atomic E-state index is 0.331. The van der Waals surface area contributed by atoms with Crippen molar-refractivity contribution < 1.29 is 0 Å². The van der Waals surface area contributed by atoms with Crippen LogP contribution in [0.15, 0.2) is 30.3 Å². The second-order valence-corrected chi connectivity index (χ2v) is 5.08. The van der Waals surface area contributed by atoms with Crippen LogP contribution in [0.5, 0.6) is 0 Å². The first-order valence-electron chi connectivity index (χ1n) is 6.19. The topological polar surface area (TPSA) is 15.3 Å². The van der Waals surface area contributed by atoms with E-state index in [2.05, 4.69) is 61.3 Å². The molecule has 0 radical (unpaired) electrons. The van der Waals surface area contributed by atoms with Crippen LogP contribution in [0.1, 0.15) is 32.4 Å². The number of likely N-dealkylation sites (N-methyl/N-ethyl adjacent to an activating group) is 1. The second-order valence-electron chi connectivity index (χ2n) is 5.08. The van der Waals surface area contributed by atoms with Gasteiger partial charge in [-0.05, 0) is 26.0 Å². The Labute approximate surface area is 98.7 Å². The van der Waals surface area contributed by atoms with E-state index in [9.17, 15) is 0 Å². The van der Waals surface area contributed by atoms with E-state index in [0.29, 0.717) is 11.6 Å². The third-order valence-corrected chi connectivity index (χ3v) is 3.54. The quantitative estimate of drug-likeness (QED) is 0.835. The molecule has 1 aromatic carbocycles. The van der Waals surface area contributed by atoms with Gasteiger partial charge < -0.3 is 5.32 Å². The lowest BCUT2D eigenvalue weighted by molar-refractivity contribution is 0.0227. The summed E-state index contributed by atoms with van der Waals surface area (Å²) in [6.07, 6.45) is 0. The van der Waals surface area contributed by atoms with Crippen LogP contribution < -0.4 is 5.32 Å². The molecule has 16 heavy (non-hydrogen) atoms. The minimum Gasteiger partial charge on any atom is -0.309 e. The van der Waals surface area contributed by atoms with Gasteiger partial charge >= 0.3 is 0 Å². The maximum Gasteiger partial charge on any atom is 0.0409 e. The predicted octanol–water partition coefficient (Wildman–Crippen LogP) is 2.43. The summed E-state index contributed by atoms with van der Waals surface area (Å²) in [5.74, 6) is 0. The monoisotopic (exact) mass is 218 g/mol. The molecule has 0 aromatic heterocycles. The van der Waals surface area contributed by atoms with Gasteiger partial charge in [-0.3, -0.25) is 4.90 Å². The van der Waals surface area contributed by atoms with Gasteiger partial charge in [0.1, 0.15) is 0 Å². The van der Waals surface area contributed by atoms with Crippen LogP contribution in [0.4, 0.5) is 0 Å². The largest absolute Gasteiger partial charge is 0.309 e. The van der Waals surface area contributed by atoms with Gasteiger partial charge in [-0.25, -0.2) is 0 Å². The number of likely N-dealkylation sites (tertiary alicyclic amines) is 1. The number of rotatable bonds is 4. The average molecular weight is 218 g/mol. The number of nitrogens with zero attached hydrogens (tertiary/aromatic N) is 1. The van der Waals surface area contributed by atoms with Gasteiger partial charge in [-0.2, -0.15) is 0 Å². The molecule has 2 nitrogen and oxygen atoms in total. The maximum atomic E-state index is 3.55. The van der Waals surface area contributed by atoms with Crippen molar-refractivity contribution in [2.24, 2.45) is 0 Å². The van der Waals surface area contributed by atoms with Crippen LogP contribution in [-0.4, -0.2) is 30.1 Å². The van der Waals surface area contributed by atoms with Gasteiger partial charge in [0.25, 0.3) is 0 Å². The summed E-state index contributed by atoms with van der Waals surface area (Å²) in [6, 6.07) is 11.3. The maximum absolute atomic E-state index is 3.55. The van der Waals surface area contributed by atoms with E-state index in [-0.39, 0.29) is 0 Å². The summed E-state index contributed by atoms with van der Waals surface area (Å²) in [4.78, 5) is 2.53. The zero-order valence-electron chi connectivity index (χ0n) is 10.5. The normalized spacial score (nSPS) is 21.4. The fourth-order valence-corrected chi connectivity index (χ4v) is 2.60. The Morgan fingerprint density at radius 3 is 2.50 bits per heavy atom. The lowest BCUT2D eigenvalue weighted by Crippen LogP contribution is -2.67. The van der Waals surface area contributed by atoms with Gasteiger partial charge in [-0.1, -0.05) is 37.3 Å². The van der Waals surface area contributed by atoms with Crippen molar-refractivity contribution in [1.29, 1.82) is 0 Å². The Kier molecular flexibility index (Phi) is 3.31. The third kappa shape index (κ3) is 2.28. The zero-order chi connectivity index (χ0) is 11.6. The molecule has 0 spiro atoms. The highest BCUT2D eigenvalue weighted by Crippen LogP contribution is 2.30. The molecule has 1 unspecified atom stereocenters. The number of nitrogens with one attached hydrogen (secondary N) is 1. The predicted molar refractivity (Wildman–Crippen MR) is 68.5 cm³/mol. The number of hydrogen-bond acceptors (Lipinski definition) is 2. The van der Waals surface area contributed by atoms with E-state index >= 15 is 0 Å². The highest BCUT2D eigenvalue weighted by molar-refractivity contribution is 5.20. The first-order chi connectivity index (χ1) is 7.64. The highest BCUT2D eigenvalue weighted by Gasteiger charge is 2.40. The fraction of sp³-hybridized carbons (Fsp3) is 0.571. The Bertz CT molecular complexity index is 328. The molecule has 88 valence electrons. The Morgan fingerprint density at radius 1 is 1.31 bits per heavy atom. The molecule has 0 amide bonds. The van der Waals surface area contributed by atoms with Gasteiger partial charge in [0.2, 0.25) is 0 Å². The van der Waals surface area contributed by atoms with Crippen molar-refractivity contribution in [3.05, 3.63) is 35.9 Å². The lowest BCUT2D eigenvalue weighted by atomic mass is 9.89. The Morgan fingerprint density at radius 2 is 1.94 bits per heavy atom.